The summed E-state index contributed by atoms with van der Waals surface area (Å²) in [6.07, 6.45) is 0. The van der Waals surface area contributed by atoms with E-state index in [-0.39, 0.29) is 11.8 Å². The molecule has 0 unspecified atom stereocenters. The summed E-state index contributed by atoms with van der Waals surface area (Å²) in [5.74, 6) is -0.0483. The van der Waals surface area contributed by atoms with E-state index in [9.17, 15) is 9.59 Å². The smallest absolute Gasteiger partial charge is 0.257 e. The van der Waals surface area contributed by atoms with Gasteiger partial charge in [0.1, 0.15) is 11.6 Å². The molecule has 7 rings (SSSR count). The minimum absolute atomic E-state index is 0.305. The van der Waals surface area contributed by atoms with Gasteiger partial charge < -0.3 is 10.6 Å². The summed E-state index contributed by atoms with van der Waals surface area (Å²) in [7, 11) is 0. The molecule has 210 valence electrons. The van der Waals surface area contributed by atoms with Crippen molar-refractivity contribution in [1.82, 2.24) is 15.0 Å². The predicted octanol–water partition coefficient (Wildman–Crippen LogP) is 8.02. The maximum absolute atomic E-state index is 13.6. The molecule has 0 spiro atoms. The van der Waals surface area contributed by atoms with Crippen molar-refractivity contribution in [2.24, 2.45) is 0 Å². The molecule has 0 aliphatic rings. The van der Waals surface area contributed by atoms with Gasteiger partial charge in [0, 0.05) is 21.9 Å². The number of hydrogen-bond acceptors (Lipinski definition) is 5. The SMILES string of the molecule is O=C(Nc1cccc(NC(=O)c2cc(-c3ccccc3)nc3ccccc23)n1)c1cc(-c2ccccc2)nc2ccccc12. The number of amides is 2. The van der Waals surface area contributed by atoms with Crippen LogP contribution in [0, 0.1) is 0 Å². The molecule has 4 aromatic carbocycles. The topological polar surface area (TPSA) is 96.9 Å². The average Bonchev–Trinajstić information content (AvgIpc) is 3.08. The molecule has 7 heteroatoms. The number of rotatable bonds is 6. The molecule has 0 atom stereocenters. The maximum atomic E-state index is 13.6. The third kappa shape index (κ3) is 5.37. The highest BCUT2D eigenvalue weighted by Gasteiger charge is 2.17. The van der Waals surface area contributed by atoms with E-state index in [0.717, 1.165) is 21.9 Å². The van der Waals surface area contributed by atoms with E-state index >= 15 is 0 Å². The van der Waals surface area contributed by atoms with Crippen molar-refractivity contribution in [3.8, 4) is 22.5 Å². The van der Waals surface area contributed by atoms with Crippen molar-refractivity contribution in [3.05, 3.63) is 151 Å². The number of nitrogens with zero attached hydrogens (tertiary/aromatic N) is 3. The molecule has 0 radical (unpaired) electrons. The number of fused-ring (bicyclic) bond motifs is 2. The molecular weight excluding hydrogens is 546 g/mol. The first-order valence-corrected chi connectivity index (χ1v) is 14.1. The Morgan fingerprint density at radius 2 is 0.841 bits per heavy atom. The second kappa shape index (κ2) is 11.6. The van der Waals surface area contributed by atoms with Gasteiger partial charge in [-0.3, -0.25) is 9.59 Å². The molecule has 0 fully saturated rings. The molecule has 3 heterocycles. The summed E-state index contributed by atoms with van der Waals surface area (Å²) in [6, 6.07) is 43.2. The molecule has 2 N–H and O–H groups in total. The summed E-state index contributed by atoms with van der Waals surface area (Å²) < 4.78 is 0. The van der Waals surface area contributed by atoms with Crippen LogP contribution in [0.25, 0.3) is 44.3 Å². The van der Waals surface area contributed by atoms with Crippen LogP contribution < -0.4 is 10.6 Å². The van der Waals surface area contributed by atoms with Gasteiger partial charge >= 0.3 is 0 Å². The molecule has 0 saturated carbocycles. The number of benzene rings is 4. The largest absolute Gasteiger partial charge is 0.306 e. The second-order valence-electron chi connectivity index (χ2n) is 10.2. The normalized spacial score (nSPS) is 10.9. The minimum Gasteiger partial charge on any atom is -0.306 e. The summed E-state index contributed by atoms with van der Waals surface area (Å²) in [6.45, 7) is 0. The highest BCUT2D eigenvalue weighted by molar-refractivity contribution is 6.14. The Kier molecular flexibility index (Phi) is 7.02. The van der Waals surface area contributed by atoms with Crippen LogP contribution in [0.15, 0.2) is 140 Å². The average molecular weight is 572 g/mol. The third-order valence-corrected chi connectivity index (χ3v) is 7.29. The van der Waals surface area contributed by atoms with E-state index in [4.69, 9.17) is 9.97 Å². The van der Waals surface area contributed by atoms with Crippen LogP contribution in [-0.4, -0.2) is 26.8 Å². The number of nitrogens with one attached hydrogen (secondary N) is 2. The quantitative estimate of drug-likeness (QED) is 0.211. The van der Waals surface area contributed by atoms with Gasteiger partial charge in [0.05, 0.1) is 33.5 Å². The second-order valence-corrected chi connectivity index (χ2v) is 10.2. The standard InChI is InChI=1S/C37H25N5O2/c43-36(28-22-32(24-12-3-1-4-13-24)38-30-18-9-7-16-26(28)30)41-34-20-11-21-35(40-34)42-37(44)29-23-33(25-14-5-2-6-15-25)39-31-19-10-8-17-27(29)31/h1-23H,(H2,40,41,42,43,44). The first-order valence-electron chi connectivity index (χ1n) is 14.1. The summed E-state index contributed by atoms with van der Waals surface area (Å²) in [5, 5.41) is 7.27. The zero-order chi connectivity index (χ0) is 29.9. The zero-order valence-corrected chi connectivity index (χ0v) is 23.4. The van der Waals surface area contributed by atoms with Gasteiger partial charge in [-0.25, -0.2) is 15.0 Å². The van der Waals surface area contributed by atoms with Gasteiger partial charge in [0.15, 0.2) is 0 Å². The first kappa shape index (κ1) is 26.7. The van der Waals surface area contributed by atoms with Crippen LogP contribution in [0.2, 0.25) is 0 Å². The first-order chi connectivity index (χ1) is 21.6. The zero-order valence-electron chi connectivity index (χ0n) is 23.4. The Bertz CT molecular complexity index is 2010. The lowest BCUT2D eigenvalue weighted by atomic mass is 10.0. The van der Waals surface area contributed by atoms with Gasteiger partial charge in [-0.2, -0.15) is 0 Å². The van der Waals surface area contributed by atoms with Crippen molar-refractivity contribution in [2.75, 3.05) is 10.6 Å². The molecule has 0 aliphatic carbocycles. The fourth-order valence-corrected chi connectivity index (χ4v) is 5.18. The van der Waals surface area contributed by atoms with E-state index in [0.29, 0.717) is 45.2 Å². The maximum Gasteiger partial charge on any atom is 0.257 e. The fraction of sp³-hybridized carbons (Fsp3) is 0. The lowest BCUT2D eigenvalue weighted by Gasteiger charge is -2.12. The van der Waals surface area contributed by atoms with Crippen molar-refractivity contribution in [1.29, 1.82) is 0 Å². The number of carbonyl (C=O) groups is 2. The Hall–Kier alpha value is -6.21. The van der Waals surface area contributed by atoms with Gasteiger partial charge in [-0.1, -0.05) is 103 Å². The van der Waals surface area contributed by atoms with Crippen LogP contribution in [0.4, 0.5) is 11.6 Å². The van der Waals surface area contributed by atoms with Crippen LogP contribution in [-0.2, 0) is 0 Å². The summed E-state index contributed by atoms with van der Waals surface area (Å²) in [4.78, 5) is 41.3. The molecule has 0 bridgehead atoms. The fourth-order valence-electron chi connectivity index (χ4n) is 5.18. The number of pyridine rings is 3. The molecule has 2 amide bonds. The number of aromatic nitrogens is 3. The molecule has 0 aliphatic heterocycles. The van der Waals surface area contributed by atoms with Crippen LogP contribution in [0.3, 0.4) is 0 Å². The van der Waals surface area contributed by atoms with Crippen LogP contribution in [0.1, 0.15) is 20.7 Å². The van der Waals surface area contributed by atoms with Crippen molar-refractivity contribution in [3.63, 3.8) is 0 Å². The molecular formula is C37H25N5O2. The molecule has 44 heavy (non-hydrogen) atoms. The Morgan fingerprint density at radius 1 is 0.432 bits per heavy atom. The third-order valence-electron chi connectivity index (χ3n) is 7.29. The van der Waals surface area contributed by atoms with Crippen molar-refractivity contribution >= 4 is 45.3 Å². The molecule has 3 aromatic heterocycles. The van der Waals surface area contributed by atoms with E-state index in [1.54, 1.807) is 30.3 Å². The highest BCUT2D eigenvalue weighted by atomic mass is 16.2. The van der Waals surface area contributed by atoms with Crippen molar-refractivity contribution in [2.45, 2.75) is 0 Å². The number of anilines is 2. The summed E-state index contributed by atoms with van der Waals surface area (Å²) >= 11 is 0. The monoisotopic (exact) mass is 571 g/mol. The Balaban J connectivity index is 1.18. The van der Waals surface area contributed by atoms with Gasteiger partial charge in [0.2, 0.25) is 0 Å². The Morgan fingerprint density at radius 3 is 1.30 bits per heavy atom. The lowest BCUT2D eigenvalue weighted by Crippen LogP contribution is -2.17. The number of hydrogen-bond donors (Lipinski definition) is 2. The molecule has 0 saturated heterocycles. The van der Waals surface area contributed by atoms with Crippen LogP contribution in [0.5, 0.6) is 0 Å². The predicted molar refractivity (Wildman–Crippen MR) is 175 cm³/mol. The summed E-state index contributed by atoms with van der Waals surface area (Å²) in [5.41, 5.74) is 5.60. The number of carbonyl (C=O) groups excluding carboxylic acids is 2. The molecule has 7 nitrogen and oxygen atoms in total. The highest BCUT2D eigenvalue weighted by Crippen LogP contribution is 2.27. The van der Waals surface area contributed by atoms with Gasteiger partial charge in [0.25, 0.3) is 11.8 Å². The van der Waals surface area contributed by atoms with Crippen molar-refractivity contribution < 1.29 is 9.59 Å². The minimum atomic E-state index is -0.329. The van der Waals surface area contributed by atoms with Gasteiger partial charge in [-0.05, 0) is 36.4 Å². The van der Waals surface area contributed by atoms with Gasteiger partial charge in [-0.15, -0.1) is 0 Å². The van der Waals surface area contributed by atoms with E-state index in [1.165, 1.54) is 0 Å². The van der Waals surface area contributed by atoms with E-state index in [1.807, 2.05) is 109 Å². The van der Waals surface area contributed by atoms with E-state index < -0.39 is 0 Å². The lowest BCUT2D eigenvalue weighted by molar-refractivity contribution is 0.102. The molecule has 7 aromatic rings. The van der Waals surface area contributed by atoms with Crippen LogP contribution >= 0.6 is 0 Å². The Labute approximate surface area is 253 Å². The van der Waals surface area contributed by atoms with E-state index in [2.05, 4.69) is 15.6 Å². The number of para-hydroxylation sites is 2.